The fourth-order valence-corrected chi connectivity index (χ4v) is 1.91. The number of benzene rings is 2. The Hall–Kier alpha value is -2.08. The Morgan fingerprint density at radius 1 is 1.10 bits per heavy atom. The molecule has 0 spiro atoms. The first-order valence-corrected chi connectivity index (χ1v) is 6.22. The summed E-state index contributed by atoms with van der Waals surface area (Å²) in [7, 11) is 0. The highest BCUT2D eigenvalue weighted by Crippen LogP contribution is 2.36. The van der Waals surface area contributed by atoms with Gasteiger partial charge in [0.2, 0.25) is 0 Å². The van der Waals surface area contributed by atoms with Crippen molar-refractivity contribution in [2.75, 3.05) is 5.73 Å². The minimum Gasteiger partial charge on any atom is -0.453 e. The molecule has 21 heavy (non-hydrogen) atoms. The van der Waals surface area contributed by atoms with E-state index < -0.39 is 18.2 Å². The van der Waals surface area contributed by atoms with Crippen LogP contribution in [0.3, 0.4) is 0 Å². The van der Waals surface area contributed by atoms with Gasteiger partial charge in [-0.3, -0.25) is 0 Å². The number of hydrogen-bond donors (Lipinski definition) is 1. The second-order valence-corrected chi connectivity index (χ2v) is 4.64. The lowest BCUT2D eigenvalue weighted by Crippen LogP contribution is -2.05. The van der Waals surface area contributed by atoms with Crippen LogP contribution in [0.2, 0.25) is 5.02 Å². The summed E-state index contributed by atoms with van der Waals surface area (Å²) in [5.41, 5.74) is 6.45. The van der Waals surface area contributed by atoms with Crippen LogP contribution in [0.15, 0.2) is 30.3 Å². The minimum atomic E-state index is -3.15. The Labute approximate surface area is 124 Å². The highest BCUT2D eigenvalue weighted by atomic mass is 35.5. The van der Waals surface area contributed by atoms with Gasteiger partial charge in [0.1, 0.15) is 5.75 Å². The number of nitrogen functional groups attached to an aromatic ring is 1. The van der Waals surface area contributed by atoms with Crippen LogP contribution in [-0.2, 0) is 0 Å². The first kappa shape index (κ1) is 15.3. The molecule has 0 aromatic heterocycles. The normalized spacial score (nSPS) is 10.8. The molecular formula is C14H11ClF3NO2. The van der Waals surface area contributed by atoms with E-state index in [2.05, 4.69) is 4.74 Å². The summed E-state index contributed by atoms with van der Waals surface area (Å²) >= 11 is 6.00. The molecule has 0 fully saturated rings. The molecule has 0 aliphatic heterocycles. The zero-order chi connectivity index (χ0) is 15.6. The summed E-state index contributed by atoms with van der Waals surface area (Å²) in [6, 6.07) is 6.79. The Morgan fingerprint density at radius 2 is 1.81 bits per heavy atom. The Kier molecular flexibility index (Phi) is 4.47. The van der Waals surface area contributed by atoms with Crippen LogP contribution >= 0.6 is 11.6 Å². The monoisotopic (exact) mass is 317 g/mol. The lowest BCUT2D eigenvalue weighted by atomic mass is 10.2. The van der Waals surface area contributed by atoms with Crippen LogP contribution in [0, 0.1) is 12.7 Å². The predicted octanol–water partition coefficient (Wildman–Crippen LogP) is 4.76. The maximum absolute atomic E-state index is 13.4. The molecular weight excluding hydrogens is 307 g/mol. The van der Waals surface area contributed by atoms with Gasteiger partial charge >= 0.3 is 6.61 Å². The van der Waals surface area contributed by atoms with E-state index in [1.54, 1.807) is 18.2 Å². The zero-order valence-electron chi connectivity index (χ0n) is 10.9. The molecule has 0 aliphatic carbocycles. The van der Waals surface area contributed by atoms with Crippen molar-refractivity contribution < 1.29 is 22.6 Å². The maximum atomic E-state index is 13.4. The number of halogens is 4. The average Bonchev–Trinajstić information content (AvgIpc) is 2.37. The van der Waals surface area contributed by atoms with Crippen molar-refractivity contribution in [2.24, 2.45) is 0 Å². The molecule has 112 valence electrons. The van der Waals surface area contributed by atoms with Crippen LogP contribution in [-0.4, -0.2) is 6.61 Å². The number of hydrogen-bond acceptors (Lipinski definition) is 3. The third-order valence-corrected chi connectivity index (χ3v) is 2.88. The van der Waals surface area contributed by atoms with Crippen LogP contribution in [0.1, 0.15) is 5.56 Å². The van der Waals surface area contributed by atoms with Gasteiger partial charge in [0, 0.05) is 12.1 Å². The van der Waals surface area contributed by atoms with Crippen molar-refractivity contribution in [3.05, 3.63) is 46.7 Å². The smallest absolute Gasteiger partial charge is 0.387 e. The topological polar surface area (TPSA) is 44.5 Å². The first-order chi connectivity index (χ1) is 9.86. The van der Waals surface area contributed by atoms with E-state index in [0.29, 0.717) is 5.02 Å². The number of anilines is 1. The lowest BCUT2D eigenvalue weighted by Gasteiger charge is -2.13. The molecule has 2 aromatic carbocycles. The van der Waals surface area contributed by atoms with Gasteiger partial charge in [0.15, 0.2) is 17.3 Å². The van der Waals surface area contributed by atoms with Crippen molar-refractivity contribution in [3.63, 3.8) is 0 Å². The predicted molar refractivity (Wildman–Crippen MR) is 73.7 cm³/mol. The Balaban J connectivity index is 2.34. The molecule has 0 radical (unpaired) electrons. The fraction of sp³-hybridized carbons (Fsp3) is 0.143. The number of ether oxygens (including phenoxy) is 2. The van der Waals surface area contributed by atoms with E-state index >= 15 is 0 Å². The largest absolute Gasteiger partial charge is 0.453 e. The fourth-order valence-electron chi connectivity index (χ4n) is 1.63. The number of alkyl halides is 2. The van der Waals surface area contributed by atoms with Crippen molar-refractivity contribution in [2.45, 2.75) is 13.5 Å². The Morgan fingerprint density at radius 3 is 2.43 bits per heavy atom. The summed E-state index contributed by atoms with van der Waals surface area (Å²) in [4.78, 5) is 0. The van der Waals surface area contributed by atoms with Gasteiger partial charge < -0.3 is 15.2 Å². The van der Waals surface area contributed by atoms with E-state index in [0.717, 1.165) is 17.7 Å². The third-order valence-electron chi connectivity index (χ3n) is 2.59. The number of rotatable bonds is 4. The van der Waals surface area contributed by atoms with Gasteiger partial charge in [-0.25, -0.2) is 4.39 Å². The van der Waals surface area contributed by atoms with Crippen LogP contribution in [0.5, 0.6) is 17.2 Å². The molecule has 0 unspecified atom stereocenters. The van der Waals surface area contributed by atoms with E-state index in [1.807, 2.05) is 6.92 Å². The molecule has 2 aromatic rings. The third kappa shape index (κ3) is 3.72. The SMILES string of the molecule is Cc1ccc(Oc2cc(OC(F)F)c(F)cc2N)c(Cl)c1. The molecule has 0 saturated carbocycles. The highest BCUT2D eigenvalue weighted by molar-refractivity contribution is 6.32. The minimum absolute atomic E-state index is 0.0298. The second kappa shape index (κ2) is 6.13. The molecule has 0 bridgehead atoms. The van der Waals surface area contributed by atoms with Crippen LogP contribution in [0.25, 0.3) is 0 Å². The molecule has 2 rings (SSSR count). The lowest BCUT2D eigenvalue weighted by molar-refractivity contribution is -0.0522. The summed E-state index contributed by atoms with van der Waals surface area (Å²) < 4.78 is 47.3. The molecule has 0 aliphatic rings. The molecule has 3 nitrogen and oxygen atoms in total. The van der Waals surface area contributed by atoms with Gasteiger partial charge in [-0.1, -0.05) is 17.7 Å². The van der Waals surface area contributed by atoms with Crippen molar-refractivity contribution >= 4 is 17.3 Å². The second-order valence-electron chi connectivity index (χ2n) is 4.23. The number of aryl methyl sites for hydroxylation is 1. The summed E-state index contributed by atoms with van der Waals surface area (Å²) in [6.07, 6.45) is 0. The maximum Gasteiger partial charge on any atom is 0.387 e. The van der Waals surface area contributed by atoms with Gasteiger partial charge in [-0.2, -0.15) is 8.78 Å². The summed E-state index contributed by atoms with van der Waals surface area (Å²) in [5.74, 6) is -1.42. The molecule has 2 N–H and O–H groups in total. The van der Waals surface area contributed by atoms with Gasteiger partial charge in [0.25, 0.3) is 0 Å². The molecule has 0 saturated heterocycles. The molecule has 0 atom stereocenters. The molecule has 0 amide bonds. The summed E-state index contributed by atoms with van der Waals surface area (Å²) in [5, 5.41) is 0.315. The molecule has 0 heterocycles. The van der Waals surface area contributed by atoms with Gasteiger partial charge in [-0.05, 0) is 24.6 Å². The van der Waals surface area contributed by atoms with Crippen molar-refractivity contribution in [1.29, 1.82) is 0 Å². The van der Waals surface area contributed by atoms with E-state index in [9.17, 15) is 13.2 Å². The molecule has 7 heteroatoms. The van der Waals surface area contributed by atoms with Gasteiger partial charge in [-0.15, -0.1) is 0 Å². The van der Waals surface area contributed by atoms with Gasteiger partial charge in [0.05, 0.1) is 10.7 Å². The average molecular weight is 318 g/mol. The quantitative estimate of drug-likeness (QED) is 0.827. The van der Waals surface area contributed by atoms with Crippen molar-refractivity contribution in [3.8, 4) is 17.2 Å². The van der Waals surface area contributed by atoms with E-state index in [1.165, 1.54) is 0 Å². The van der Waals surface area contributed by atoms with E-state index in [-0.39, 0.29) is 17.2 Å². The van der Waals surface area contributed by atoms with Crippen LogP contribution < -0.4 is 15.2 Å². The first-order valence-electron chi connectivity index (χ1n) is 5.84. The zero-order valence-corrected chi connectivity index (χ0v) is 11.6. The standard InChI is InChI=1S/C14H11ClF3NO2/c1-7-2-3-11(8(15)4-7)20-13-6-12(21-14(17)18)9(16)5-10(13)19/h2-6,14H,19H2,1H3. The van der Waals surface area contributed by atoms with Crippen molar-refractivity contribution in [1.82, 2.24) is 0 Å². The highest BCUT2D eigenvalue weighted by Gasteiger charge is 2.15. The number of nitrogens with two attached hydrogens (primary N) is 1. The van der Waals surface area contributed by atoms with Crippen LogP contribution in [0.4, 0.5) is 18.9 Å². The summed E-state index contributed by atoms with van der Waals surface area (Å²) in [6.45, 7) is -1.31. The van der Waals surface area contributed by atoms with E-state index in [4.69, 9.17) is 22.1 Å². The Bertz CT molecular complexity index is 665.